The van der Waals surface area contributed by atoms with Crippen molar-refractivity contribution in [1.82, 2.24) is 24.4 Å². The molecule has 0 unspecified atom stereocenters. The van der Waals surface area contributed by atoms with Crippen LogP contribution in [0, 0.1) is 13.8 Å². The maximum absolute atomic E-state index is 13.6. The standard InChI is InChI=1S/C31H41N6O2P/c1-7-20-40(38,21-8-2)26-14-12-25(13-15-26)33-29-28-30(35-31(34-29)39-19-18-36(5)6)37(22-32-28)17-16-27-23(3)10-9-11-24(27)4/h9-17,22H,7-8,18-21H2,1-6H3,(H,33,34,35). The number of aromatic nitrogens is 4. The number of hydrogen-bond donors (Lipinski definition) is 1. The molecule has 2 heterocycles. The molecule has 0 aliphatic heterocycles. The number of likely N-dealkylation sites (N-methyl/N-ethyl adjacent to an activating group) is 1. The lowest BCUT2D eigenvalue weighted by molar-refractivity contribution is 0.246. The van der Waals surface area contributed by atoms with Gasteiger partial charge in [-0.2, -0.15) is 9.97 Å². The average molecular weight is 561 g/mol. The molecule has 0 aliphatic rings. The summed E-state index contributed by atoms with van der Waals surface area (Å²) in [6.45, 7) is 9.60. The van der Waals surface area contributed by atoms with Gasteiger partial charge in [0.15, 0.2) is 17.0 Å². The minimum Gasteiger partial charge on any atom is -0.462 e. The van der Waals surface area contributed by atoms with E-state index in [0.717, 1.165) is 42.7 Å². The Morgan fingerprint density at radius 3 is 2.30 bits per heavy atom. The van der Waals surface area contributed by atoms with Gasteiger partial charge in [0.05, 0.1) is 0 Å². The quantitative estimate of drug-likeness (QED) is 0.185. The largest absolute Gasteiger partial charge is 0.462 e. The highest BCUT2D eigenvalue weighted by atomic mass is 31.2. The summed E-state index contributed by atoms with van der Waals surface area (Å²) in [6.07, 6.45) is 9.09. The van der Waals surface area contributed by atoms with E-state index in [2.05, 4.69) is 67.3 Å². The van der Waals surface area contributed by atoms with E-state index in [0.29, 0.717) is 23.6 Å². The number of ether oxygens (including phenoxy) is 1. The lowest BCUT2D eigenvalue weighted by atomic mass is 10.0. The molecule has 0 radical (unpaired) electrons. The summed E-state index contributed by atoms with van der Waals surface area (Å²) in [7, 11) is 1.62. The van der Waals surface area contributed by atoms with Gasteiger partial charge in [-0.15, -0.1) is 0 Å². The van der Waals surface area contributed by atoms with E-state index in [4.69, 9.17) is 9.72 Å². The van der Waals surface area contributed by atoms with E-state index in [1.165, 1.54) is 16.7 Å². The molecule has 8 nitrogen and oxygen atoms in total. The molecule has 212 valence electrons. The highest BCUT2D eigenvalue weighted by Crippen LogP contribution is 2.45. The number of nitrogens with zero attached hydrogens (tertiary/aromatic N) is 5. The third-order valence-corrected chi connectivity index (χ3v) is 10.5. The molecule has 0 atom stereocenters. The van der Waals surface area contributed by atoms with Gasteiger partial charge >= 0.3 is 6.01 Å². The van der Waals surface area contributed by atoms with Crippen LogP contribution in [0.15, 0.2) is 48.8 Å². The van der Waals surface area contributed by atoms with Crippen LogP contribution >= 0.6 is 7.14 Å². The first kappa shape index (κ1) is 29.5. The fourth-order valence-electron chi connectivity index (χ4n) is 4.77. The summed E-state index contributed by atoms with van der Waals surface area (Å²) >= 11 is 0. The second-order valence-electron chi connectivity index (χ2n) is 10.5. The molecule has 0 fully saturated rings. The summed E-state index contributed by atoms with van der Waals surface area (Å²) < 4.78 is 21.4. The smallest absolute Gasteiger partial charge is 0.320 e. The molecule has 2 aromatic carbocycles. The maximum atomic E-state index is 13.6. The van der Waals surface area contributed by atoms with Gasteiger partial charge in [0.2, 0.25) is 0 Å². The Kier molecular flexibility index (Phi) is 9.77. The van der Waals surface area contributed by atoms with Gasteiger partial charge < -0.3 is 19.5 Å². The predicted molar refractivity (Wildman–Crippen MR) is 168 cm³/mol. The number of hydrogen-bond acceptors (Lipinski definition) is 7. The van der Waals surface area contributed by atoms with Crippen molar-refractivity contribution in [3.63, 3.8) is 0 Å². The molecule has 0 amide bonds. The second-order valence-corrected chi connectivity index (χ2v) is 13.6. The van der Waals surface area contributed by atoms with Crippen LogP contribution in [-0.2, 0) is 4.57 Å². The molecule has 0 saturated carbocycles. The first-order valence-corrected chi connectivity index (χ1v) is 16.0. The zero-order chi connectivity index (χ0) is 28.7. The van der Waals surface area contributed by atoms with Crippen LogP contribution in [0.5, 0.6) is 6.01 Å². The molecular weight excluding hydrogens is 519 g/mol. The lowest BCUT2D eigenvalue weighted by Crippen LogP contribution is -2.20. The van der Waals surface area contributed by atoms with Crippen molar-refractivity contribution in [2.24, 2.45) is 0 Å². The molecule has 9 heteroatoms. The van der Waals surface area contributed by atoms with E-state index in [1.807, 2.05) is 54.0 Å². The molecule has 0 saturated heterocycles. The molecular formula is C31H41N6O2P. The number of nitrogens with one attached hydrogen (secondary N) is 1. The number of fused-ring (bicyclic) bond motifs is 1. The summed E-state index contributed by atoms with van der Waals surface area (Å²) in [4.78, 5) is 16.1. The van der Waals surface area contributed by atoms with Crippen LogP contribution < -0.4 is 15.4 Å². The monoisotopic (exact) mass is 560 g/mol. The van der Waals surface area contributed by atoms with Crippen LogP contribution in [0.3, 0.4) is 0 Å². The van der Waals surface area contributed by atoms with Gasteiger partial charge in [0.25, 0.3) is 0 Å². The van der Waals surface area contributed by atoms with Crippen molar-refractivity contribution in [1.29, 1.82) is 0 Å². The Morgan fingerprint density at radius 1 is 1.00 bits per heavy atom. The van der Waals surface area contributed by atoms with Gasteiger partial charge in [0.1, 0.15) is 20.1 Å². The topological polar surface area (TPSA) is 85.2 Å². The molecule has 1 N–H and O–H groups in total. The number of rotatable bonds is 13. The highest BCUT2D eigenvalue weighted by molar-refractivity contribution is 7.71. The van der Waals surface area contributed by atoms with Crippen molar-refractivity contribution in [2.45, 2.75) is 40.5 Å². The third-order valence-electron chi connectivity index (χ3n) is 6.88. The van der Waals surface area contributed by atoms with Gasteiger partial charge in [-0.25, -0.2) is 4.98 Å². The zero-order valence-electron chi connectivity index (χ0n) is 24.5. The Labute approximate surface area is 237 Å². The van der Waals surface area contributed by atoms with Crippen molar-refractivity contribution >= 4 is 47.4 Å². The van der Waals surface area contributed by atoms with Gasteiger partial charge in [0, 0.05) is 36.1 Å². The average Bonchev–Trinajstić information content (AvgIpc) is 3.32. The fourth-order valence-corrected chi connectivity index (χ4v) is 7.64. The summed E-state index contributed by atoms with van der Waals surface area (Å²) in [5.41, 5.74) is 5.70. The number of anilines is 2. The van der Waals surface area contributed by atoms with Crippen molar-refractivity contribution in [3.8, 4) is 6.01 Å². The summed E-state index contributed by atoms with van der Waals surface area (Å²) in [5, 5.41) is 4.34. The van der Waals surface area contributed by atoms with E-state index in [9.17, 15) is 4.57 Å². The molecule has 4 rings (SSSR count). The van der Waals surface area contributed by atoms with Crippen LogP contribution in [0.4, 0.5) is 11.5 Å². The molecule has 40 heavy (non-hydrogen) atoms. The molecule has 2 aromatic heterocycles. The lowest BCUT2D eigenvalue weighted by Gasteiger charge is -2.18. The molecule has 0 bridgehead atoms. The SMILES string of the molecule is CCCP(=O)(CCC)c1ccc(Nc2nc(OCCN(C)C)nc3c2ncn3C=Cc2c(C)cccc2C)cc1. The Bertz CT molecular complexity index is 1480. The summed E-state index contributed by atoms with van der Waals surface area (Å²) in [6, 6.07) is 14.4. The van der Waals surface area contributed by atoms with E-state index >= 15 is 0 Å². The van der Waals surface area contributed by atoms with Crippen LogP contribution in [-0.4, -0.2) is 64.0 Å². The number of aryl methyl sites for hydroxylation is 2. The molecule has 0 spiro atoms. The Balaban J connectivity index is 1.68. The second kappa shape index (κ2) is 13.2. The highest BCUT2D eigenvalue weighted by Gasteiger charge is 2.22. The van der Waals surface area contributed by atoms with Gasteiger partial charge in [-0.05, 0) is 87.8 Å². The first-order chi connectivity index (χ1) is 19.2. The molecule has 0 aliphatic carbocycles. The van der Waals surface area contributed by atoms with Crippen LogP contribution in [0.2, 0.25) is 0 Å². The van der Waals surface area contributed by atoms with Crippen molar-refractivity contribution in [2.75, 3.05) is 44.9 Å². The zero-order valence-corrected chi connectivity index (χ0v) is 25.4. The van der Waals surface area contributed by atoms with Gasteiger partial charge in [-0.1, -0.05) is 32.0 Å². The van der Waals surface area contributed by atoms with Gasteiger partial charge in [-0.3, -0.25) is 4.57 Å². The Hall–Kier alpha value is -3.48. The Morgan fingerprint density at radius 2 is 1.68 bits per heavy atom. The number of benzene rings is 2. The van der Waals surface area contributed by atoms with Crippen LogP contribution in [0.25, 0.3) is 23.4 Å². The third kappa shape index (κ3) is 6.98. The minimum atomic E-state index is -2.38. The van der Waals surface area contributed by atoms with E-state index in [1.54, 1.807) is 6.33 Å². The van der Waals surface area contributed by atoms with E-state index in [-0.39, 0.29) is 6.01 Å². The predicted octanol–water partition coefficient (Wildman–Crippen LogP) is 6.56. The van der Waals surface area contributed by atoms with E-state index < -0.39 is 7.14 Å². The minimum absolute atomic E-state index is 0.283. The first-order valence-electron chi connectivity index (χ1n) is 14.0. The maximum Gasteiger partial charge on any atom is 0.320 e. The van der Waals surface area contributed by atoms with Crippen LogP contribution in [0.1, 0.15) is 43.4 Å². The van der Waals surface area contributed by atoms with Crippen molar-refractivity contribution in [3.05, 3.63) is 65.5 Å². The molecule has 4 aromatic rings. The number of imidazole rings is 1. The van der Waals surface area contributed by atoms with Crippen molar-refractivity contribution < 1.29 is 9.30 Å². The summed E-state index contributed by atoms with van der Waals surface area (Å²) in [5.74, 6) is 0.558. The fraction of sp³-hybridized carbons (Fsp3) is 0.387. The normalized spacial score (nSPS) is 12.1.